The molecule has 24 heavy (non-hydrogen) atoms. The van der Waals surface area contributed by atoms with Crippen molar-refractivity contribution < 1.29 is 18.6 Å². The van der Waals surface area contributed by atoms with Gasteiger partial charge < -0.3 is 9.92 Å². The summed E-state index contributed by atoms with van der Waals surface area (Å²) in [6, 6.07) is 6.09. The number of rotatable bonds is 3. The zero-order valence-corrected chi connectivity index (χ0v) is 12.7. The number of halogens is 2. The van der Waals surface area contributed by atoms with Crippen LogP contribution in [0.25, 0.3) is 10.9 Å². The van der Waals surface area contributed by atoms with Crippen molar-refractivity contribution in [3.63, 3.8) is 0 Å². The Bertz CT molecular complexity index is 793. The zero-order valence-electron chi connectivity index (χ0n) is 12.7. The number of nitroso groups, excluding NO2 is 1. The number of hydrogen-bond donors (Lipinski definition) is 1. The zero-order chi connectivity index (χ0) is 17.3. The number of fused-ring (bicyclic) bond motifs is 1. The number of likely N-dealkylation sites (tertiary alicyclic amines) is 1. The van der Waals surface area contributed by atoms with Gasteiger partial charge in [-0.15, -0.1) is 0 Å². The number of piperidine rings is 1. The Balaban J connectivity index is 1.88. The molecule has 1 amide bonds. The molecule has 1 fully saturated rings. The third-order valence-electron chi connectivity index (χ3n) is 4.18. The number of alkyl halides is 2. The van der Waals surface area contributed by atoms with E-state index < -0.39 is 13.0 Å². The van der Waals surface area contributed by atoms with Crippen molar-refractivity contribution in [2.24, 2.45) is 5.09 Å². The summed E-state index contributed by atoms with van der Waals surface area (Å²) in [7, 11) is -1.51. The lowest BCUT2D eigenvalue weighted by molar-refractivity contribution is -0.0494. The summed E-state index contributed by atoms with van der Waals surface area (Å²) in [5, 5.41) is 12.7. The number of carbonyl (C=O) groups excluding carboxylic acids is 1. The van der Waals surface area contributed by atoms with Gasteiger partial charge >= 0.3 is 7.05 Å². The lowest BCUT2D eigenvalue weighted by atomic mass is 9.74. The molecule has 0 bridgehead atoms. The van der Waals surface area contributed by atoms with Crippen molar-refractivity contribution >= 4 is 29.3 Å². The number of carbonyl (C=O) groups is 1. The maximum Gasteiger partial charge on any atom is 0.518 e. The van der Waals surface area contributed by atoms with Crippen LogP contribution in [0.15, 0.2) is 35.6 Å². The van der Waals surface area contributed by atoms with Gasteiger partial charge in [0.1, 0.15) is 0 Å². The Hall–Kier alpha value is -2.42. The van der Waals surface area contributed by atoms with Gasteiger partial charge in [0.05, 0.1) is 5.52 Å². The highest BCUT2D eigenvalue weighted by molar-refractivity contribution is 6.67. The predicted octanol–water partition coefficient (Wildman–Crippen LogP) is 1.56. The summed E-state index contributed by atoms with van der Waals surface area (Å²) in [6.07, 6.45) is 0.722. The smallest absolute Gasteiger partial charge is 0.425 e. The summed E-state index contributed by atoms with van der Waals surface area (Å²) >= 11 is 0. The van der Waals surface area contributed by atoms with Gasteiger partial charge in [0, 0.05) is 37.7 Å². The second kappa shape index (κ2) is 6.24. The van der Waals surface area contributed by atoms with E-state index >= 15 is 0 Å². The van der Waals surface area contributed by atoms with Crippen LogP contribution in [-0.2, 0) is 0 Å². The summed E-state index contributed by atoms with van der Waals surface area (Å²) in [4.78, 5) is 28.5. The summed E-state index contributed by atoms with van der Waals surface area (Å²) in [5.74, 6) is -3.05. The number of hydrogen-bond acceptors (Lipinski definition) is 5. The molecule has 0 spiro atoms. The van der Waals surface area contributed by atoms with E-state index in [1.807, 2.05) is 0 Å². The number of pyridine rings is 1. The number of nitrogens with zero attached hydrogens (tertiary/aromatic N) is 3. The van der Waals surface area contributed by atoms with Crippen molar-refractivity contribution in [2.45, 2.75) is 18.8 Å². The van der Waals surface area contributed by atoms with Crippen molar-refractivity contribution in [1.82, 2.24) is 9.88 Å². The largest absolute Gasteiger partial charge is 0.518 e. The van der Waals surface area contributed by atoms with E-state index in [4.69, 9.17) is 0 Å². The van der Waals surface area contributed by atoms with Crippen LogP contribution < -0.4 is 5.46 Å². The first kappa shape index (κ1) is 16.4. The molecule has 9 heteroatoms. The highest BCUT2D eigenvalue weighted by atomic mass is 19.3. The van der Waals surface area contributed by atoms with Crippen LogP contribution in [0.3, 0.4) is 0 Å². The number of aromatic nitrogens is 1. The van der Waals surface area contributed by atoms with Crippen LogP contribution in [0.5, 0.6) is 0 Å². The number of benzene rings is 1. The molecule has 1 aromatic heterocycles. The molecule has 2 aromatic rings. The van der Waals surface area contributed by atoms with Gasteiger partial charge in [-0.3, -0.25) is 9.78 Å². The van der Waals surface area contributed by atoms with E-state index in [2.05, 4.69) is 10.1 Å². The highest BCUT2D eigenvalue weighted by Crippen LogP contribution is 2.28. The topological polar surface area (TPSA) is 82.9 Å². The van der Waals surface area contributed by atoms with E-state index in [0.29, 0.717) is 21.9 Å². The van der Waals surface area contributed by atoms with Crippen molar-refractivity contribution in [3.8, 4) is 0 Å². The molecular weight excluding hydrogens is 319 g/mol. The Morgan fingerprint density at radius 3 is 2.67 bits per heavy atom. The van der Waals surface area contributed by atoms with Crippen LogP contribution in [0.1, 0.15) is 23.2 Å². The fourth-order valence-electron chi connectivity index (χ4n) is 2.80. The summed E-state index contributed by atoms with van der Waals surface area (Å²) in [5.41, 5.74) is 1.04. The third kappa shape index (κ3) is 3.12. The second-order valence-electron chi connectivity index (χ2n) is 5.76. The molecule has 0 saturated carbocycles. The van der Waals surface area contributed by atoms with Gasteiger partial charge in [0.25, 0.3) is 11.8 Å². The molecule has 6 nitrogen and oxygen atoms in total. The van der Waals surface area contributed by atoms with E-state index in [1.165, 1.54) is 29.3 Å². The lowest BCUT2D eigenvalue weighted by Crippen LogP contribution is -2.42. The van der Waals surface area contributed by atoms with Crippen molar-refractivity contribution in [3.05, 3.63) is 40.9 Å². The van der Waals surface area contributed by atoms with E-state index in [0.717, 1.165) is 0 Å². The molecule has 1 aromatic carbocycles. The maximum absolute atomic E-state index is 13.2. The summed E-state index contributed by atoms with van der Waals surface area (Å²) < 4.78 is 26.4. The molecule has 0 unspecified atom stereocenters. The molecule has 1 saturated heterocycles. The van der Waals surface area contributed by atoms with Gasteiger partial charge in [-0.2, -0.15) is 4.91 Å². The highest BCUT2D eigenvalue weighted by Gasteiger charge is 2.35. The average molecular weight is 333 g/mol. The minimum atomic E-state index is -2.71. The second-order valence-corrected chi connectivity index (χ2v) is 5.76. The van der Waals surface area contributed by atoms with E-state index in [9.17, 15) is 23.5 Å². The van der Waals surface area contributed by atoms with Gasteiger partial charge in [-0.25, -0.2) is 8.78 Å². The minimum absolute atomic E-state index is 0.00507. The standard InChI is InChI=1S/C15H14BF2N3O3/c17-15(18)4-7-21(8-5-15)14(22)10-1-2-11-12(16(23)20-24)3-6-19-13(11)9-10/h1-3,6,9,23H,4-5,7-8H2. The Morgan fingerprint density at radius 1 is 1.29 bits per heavy atom. The molecule has 2 heterocycles. The van der Waals surface area contributed by atoms with Crippen LogP contribution >= 0.6 is 0 Å². The average Bonchev–Trinajstić information content (AvgIpc) is 2.59. The van der Waals surface area contributed by atoms with Crippen molar-refractivity contribution in [2.75, 3.05) is 13.1 Å². The van der Waals surface area contributed by atoms with Gasteiger partial charge in [0.2, 0.25) is 0 Å². The Morgan fingerprint density at radius 2 is 2.00 bits per heavy atom. The fourth-order valence-corrected chi connectivity index (χ4v) is 2.80. The monoisotopic (exact) mass is 333 g/mol. The van der Waals surface area contributed by atoms with Crippen LogP contribution in [0, 0.1) is 4.91 Å². The Kier molecular flexibility index (Phi) is 4.27. The SMILES string of the molecule is O=NB(O)c1ccnc2cc(C(=O)N3CCC(F)(F)CC3)ccc12. The molecule has 0 radical (unpaired) electrons. The minimum Gasteiger partial charge on any atom is -0.425 e. The van der Waals surface area contributed by atoms with Gasteiger partial charge in [-0.05, 0) is 29.0 Å². The van der Waals surface area contributed by atoms with E-state index in [1.54, 1.807) is 6.07 Å². The Labute approximate surface area is 136 Å². The number of amides is 1. The molecule has 1 N–H and O–H groups in total. The normalized spacial score (nSPS) is 16.9. The third-order valence-corrected chi connectivity index (χ3v) is 4.18. The molecule has 3 rings (SSSR count). The van der Waals surface area contributed by atoms with Crippen LogP contribution in [0.4, 0.5) is 8.78 Å². The fraction of sp³-hybridized carbons (Fsp3) is 0.333. The predicted molar refractivity (Wildman–Crippen MR) is 85.2 cm³/mol. The van der Waals surface area contributed by atoms with Gasteiger partial charge in [0.15, 0.2) is 0 Å². The quantitative estimate of drug-likeness (QED) is 0.683. The van der Waals surface area contributed by atoms with Crippen molar-refractivity contribution in [1.29, 1.82) is 0 Å². The lowest BCUT2D eigenvalue weighted by Gasteiger charge is -2.31. The molecule has 124 valence electrons. The summed E-state index contributed by atoms with van der Waals surface area (Å²) in [6.45, 7) is 0.0101. The molecule has 1 aliphatic heterocycles. The van der Waals surface area contributed by atoms with Crippen LogP contribution in [0.2, 0.25) is 0 Å². The first-order valence-electron chi connectivity index (χ1n) is 7.47. The van der Waals surface area contributed by atoms with Crippen LogP contribution in [-0.4, -0.2) is 46.9 Å². The molecule has 0 atom stereocenters. The molecular formula is C15H14BF2N3O3. The first-order chi connectivity index (χ1) is 11.4. The van der Waals surface area contributed by atoms with Gasteiger partial charge in [-0.1, -0.05) is 11.2 Å². The molecule has 0 aliphatic carbocycles. The maximum atomic E-state index is 13.2. The first-order valence-corrected chi connectivity index (χ1v) is 7.47. The van der Waals surface area contributed by atoms with E-state index in [-0.39, 0.29) is 31.8 Å². The molecule has 1 aliphatic rings.